The number of rotatable bonds is 4. The highest BCUT2D eigenvalue weighted by Gasteiger charge is 2.27. The van der Waals surface area contributed by atoms with Gasteiger partial charge in [-0.25, -0.2) is 14.8 Å². The molecular weight excluding hydrogens is 542 g/mol. The number of nitrogens with one attached hydrogen (secondary N) is 3. The molecule has 1 atom stereocenters. The minimum atomic E-state index is -0.0756. The van der Waals surface area contributed by atoms with Crippen molar-refractivity contribution in [2.24, 2.45) is 0 Å². The highest BCUT2D eigenvalue weighted by atomic mass is 16.7. The van der Waals surface area contributed by atoms with Gasteiger partial charge in [0.25, 0.3) is 0 Å². The van der Waals surface area contributed by atoms with Gasteiger partial charge in [-0.2, -0.15) is 0 Å². The molecule has 10 heteroatoms. The molecule has 3 N–H and O–H groups in total. The minimum Gasteiger partial charge on any atom is -0.496 e. The fourth-order valence-corrected chi connectivity index (χ4v) is 6.35. The van der Waals surface area contributed by atoms with Gasteiger partial charge >= 0.3 is 6.03 Å². The van der Waals surface area contributed by atoms with Crippen molar-refractivity contribution in [3.05, 3.63) is 65.7 Å². The molecule has 2 amide bonds. The quantitative estimate of drug-likeness (QED) is 0.252. The van der Waals surface area contributed by atoms with E-state index in [2.05, 4.69) is 52.9 Å². The first kappa shape index (κ1) is 27.2. The highest BCUT2D eigenvalue weighted by Crippen LogP contribution is 2.42. The minimum absolute atomic E-state index is 0.0231. The number of benzene rings is 3. The van der Waals surface area contributed by atoms with Crippen LogP contribution in [0.5, 0.6) is 5.75 Å². The second-order valence-corrected chi connectivity index (χ2v) is 11.4. The van der Waals surface area contributed by atoms with Crippen LogP contribution in [0, 0.1) is 6.92 Å². The topological polar surface area (TPSA) is 108 Å². The third-order valence-corrected chi connectivity index (χ3v) is 8.59. The van der Waals surface area contributed by atoms with Gasteiger partial charge in [-0.15, -0.1) is 5.48 Å². The summed E-state index contributed by atoms with van der Waals surface area (Å²) in [4.78, 5) is 36.2. The van der Waals surface area contributed by atoms with Gasteiger partial charge in [-0.3, -0.25) is 0 Å². The van der Waals surface area contributed by atoms with Crippen LogP contribution < -0.4 is 15.5 Å². The zero-order chi connectivity index (χ0) is 29.8. The summed E-state index contributed by atoms with van der Waals surface area (Å²) in [5, 5.41) is 7.02. The molecule has 10 nitrogen and oxygen atoms in total. The molecule has 43 heavy (non-hydrogen) atoms. The number of amides is 2. The number of hydrogen-bond donors (Lipinski definition) is 3. The second-order valence-electron chi connectivity index (χ2n) is 11.4. The van der Waals surface area contributed by atoms with E-state index in [0.717, 1.165) is 85.4 Å². The molecule has 7 rings (SSSR count). The maximum atomic E-state index is 13.2. The summed E-state index contributed by atoms with van der Waals surface area (Å²) in [6, 6.07) is 16.3. The largest absolute Gasteiger partial charge is 0.496 e. The van der Waals surface area contributed by atoms with E-state index in [9.17, 15) is 4.79 Å². The molecule has 0 bridgehead atoms. The number of anilines is 1. The van der Waals surface area contributed by atoms with Crippen molar-refractivity contribution < 1.29 is 14.4 Å². The number of ether oxygens (including phenoxy) is 1. The number of urea groups is 1. The number of H-pyrrole nitrogens is 1. The van der Waals surface area contributed by atoms with Gasteiger partial charge in [0.05, 0.1) is 29.9 Å². The molecular formula is C33H35N7O3. The third-order valence-electron chi connectivity index (χ3n) is 8.59. The van der Waals surface area contributed by atoms with Gasteiger partial charge < -0.3 is 29.7 Å². The van der Waals surface area contributed by atoms with Crippen molar-refractivity contribution in [1.82, 2.24) is 30.2 Å². The van der Waals surface area contributed by atoms with Crippen molar-refractivity contribution in [2.45, 2.75) is 26.8 Å². The summed E-state index contributed by atoms with van der Waals surface area (Å²) in [5.74, 6) is 2.24. The Hall–Kier alpha value is -4.67. The van der Waals surface area contributed by atoms with Crippen molar-refractivity contribution >= 4 is 50.0 Å². The Morgan fingerprint density at radius 2 is 1.77 bits per heavy atom. The molecule has 2 aliphatic heterocycles. The van der Waals surface area contributed by atoms with E-state index < -0.39 is 0 Å². The number of hydrogen-bond acceptors (Lipinski definition) is 7. The smallest absolute Gasteiger partial charge is 0.321 e. The van der Waals surface area contributed by atoms with E-state index >= 15 is 0 Å². The van der Waals surface area contributed by atoms with Crippen LogP contribution in [0.4, 0.5) is 10.5 Å². The van der Waals surface area contributed by atoms with Crippen LogP contribution in [-0.4, -0.2) is 77.2 Å². The molecule has 0 radical (unpaired) electrons. The molecule has 1 fully saturated rings. The highest BCUT2D eigenvalue weighted by molar-refractivity contribution is 6.17. The lowest BCUT2D eigenvalue weighted by Crippen LogP contribution is -2.48. The van der Waals surface area contributed by atoms with Crippen molar-refractivity contribution in [3.8, 4) is 17.0 Å². The maximum absolute atomic E-state index is 13.2. The van der Waals surface area contributed by atoms with Gasteiger partial charge in [-0.1, -0.05) is 30.3 Å². The van der Waals surface area contributed by atoms with Crippen LogP contribution in [0.2, 0.25) is 0 Å². The van der Waals surface area contributed by atoms with E-state index in [0.29, 0.717) is 18.9 Å². The normalized spacial score (nSPS) is 17.7. The number of carbonyl (C=O) groups is 1. The van der Waals surface area contributed by atoms with E-state index in [1.165, 1.54) is 0 Å². The molecule has 0 spiro atoms. The van der Waals surface area contributed by atoms with Crippen LogP contribution in [-0.2, 0) is 4.84 Å². The number of hydroxylamine groups is 1. The van der Waals surface area contributed by atoms with E-state index in [-0.39, 0.29) is 12.1 Å². The van der Waals surface area contributed by atoms with Crippen LogP contribution in [0.3, 0.4) is 0 Å². The first-order valence-electron chi connectivity index (χ1n) is 14.6. The fraction of sp³-hybridized carbons (Fsp3) is 0.303. The predicted octanol–water partition coefficient (Wildman–Crippen LogP) is 5.68. The summed E-state index contributed by atoms with van der Waals surface area (Å²) in [5.41, 5.74) is 9.33. The summed E-state index contributed by atoms with van der Waals surface area (Å²) < 4.78 is 5.91. The number of aromatic nitrogens is 3. The lowest BCUT2D eigenvalue weighted by molar-refractivity contribution is 0.122. The zero-order valence-electron chi connectivity index (χ0n) is 25.0. The second kappa shape index (κ2) is 10.6. The lowest BCUT2D eigenvalue weighted by Gasteiger charge is -2.32. The number of carbonyl (C=O) groups excluding carboxylic acids is 1. The first-order valence-corrected chi connectivity index (χ1v) is 14.6. The number of nitrogens with zero attached hydrogens (tertiary/aromatic N) is 4. The Labute approximate surface area is 249 Å². The zero-order valence-corrected chi connectivity index (χ0v) is 25.0. The number of fused-ring (bicyclic) bond motifs is 4. The molecule has 4 heterocycles. The first-order chi connectivity index (χ1) is 20.8. The monoisotopic (exact) mass is 577 g/mol. The van der Waals surface area contributed by atoms with Gasteiger partial charge in [0.1, 0.15) is 23.0 Å². The van der Waals surface area contributed by atoms with Gasteiger partial charge in [0.15, 0.2) is 0 Å². The Balaban J connectivity index is 1.37. The third kappa shape index (κ3) is 4.63. The molecule has 3 aromatic carbocycles. The van der Waals surface area contributed by atoms with Gasteiger partial charge in [0.2, 0.25) is 0 Å². The molecule has 0 aliphatic carbocycles. The number of aromatic amines is 1. The molecule has 2 aliphatic rings. The standard InChI is InChI=1S/C33H35N7O3/c1-18-29(19(2)43-38-18)25-16-27-24(17-28(25)42-5)30-31(34-20(3)35-32(30)36-27)23-10-11-26(22-9-7-6-8-21(22)23)37-33(41)40-14-12-39(4)13-15-40/h6-11,16-18,38H,12-15H2,1-5H3,(H,37,41)(H,34,35,36). The Morgan fingerprint density at radius 1 is 1.00 bits per heavy atom. The van der Waals surface area contributed by atoms with Crippen molar-refractivity contribution in [2.75, 3.05) is 45.7 Å². The number of aryl methyl sites for hydroxylation is 1. The number of likely N-dealkylation sites (N-methyl/N-ethyl adjacent to an activating group) is 1. The molecule has 5 aromatic rings. The SMILES string of the molecule is COc1cc2c(cc1C1=C(C)ONC1C)[nH]c1nc(C)nc(-c3ccc(NC(=O)N4CCN(C)CC4)c4ccccc34)c12. The Kier molecular flexibility index (Phi) is 6.67. The maximum Gasteiger partial charge on any atom is 0.321 e. The van der Waals surface area contributed by atoms with Crippen molar-refractivity contribution in [1.29, 1.82) is 0 Å². The molecule has 220 valence electrons. The van der Waals surface area contributed by atoms with Crippen LogP contribution in [0.15, 0.2) is 54.3 Å². The van der Waals surface area contributed by atoms with E-state index in [4.69, 9.17) is 19.5 Å². The fourth-order valence-electron chi connectivity index (χ4n) is 6.35. The average Bonchev–Trinajstić information content (AvgIpc) is 3.53. The summed E-state index contributed by atoms with van der Waals surface area (Å²) in [6.45, 7) is 9.09. The van der Waals surface area contributed by atoms with Crippen LogP contribution in [0.25, 0.3) is 49.5 Å². The number of methoxy groups -OCH3 is 1. The Morgan fingerprint density at radius 3 is 2.49 bits per heavy atom. The van der Waals surface area contributed by atoms with Crippen LogP contribution >= 0.6 is 0 Å². The molecule has 1 saturated heterocycles. The predicted molar refractivity (Wildman–Crippen MR) is 170 cm³/mol. The summed E-state index contributed by atoms with van der Waals surface area (Å²) in [7, 11) is 3.77. The van der Waals surface area contributed by atoms with Crippen molar-refractivity contribution in [3.63, 3.8) is 0 Å². The summed E-state index contributed by atoms with van der Waals surface area (Å²) in [6.07, 6.45) is 0. The summed E-state index contributed by atoms with van der Waals surface area (Å²) >= 11 is 0. The number of piperazine rings is 1. The lowest BCUT2D eigenvalue weighted by atomic mass is 9.95. The van der Waals surface area contributed by atoms with Crippen LogP contribution in [0.1, 0.15) is 25.2 Å². The molecule has 1 unspecified atom stereocenters. The van der Waals surface area contributed by atoms with Gasteiger partial charge in [0, 0.05) is 59.2 Å². The number of allylic oxidation sites excluding steroid dienone is 1. The van der Waals surface area contributed by atoms with E-state index in [1.807, 2.05) is 49.1 Å². The molecule has 0 saturated carbocycles. The Bertz CT molecular complexity index is 1940. The average molecular weight is 578 g/mol. The molecule has 2 aromatic heterocycles. The van der Waals surface area contributed by atoms with Gasteiger partial charge in [-0.05, 0) is 51.4 Å². The van der Waals surface area contributed by atoms with E-state index in [1.54, 1.807) is 7.11 Å².